The van der Waals surface area contributed by atoms with E-state index in [0.29, 0.717) is 5.92 Å². The maximum atomic E-state index is 6.41. The lowest BCUT2D eigenvalue weighted by Gasteiger charge is -2.17. The van der Waals surface area contributed by atoms with Crippen LogP contribution in [0.2, 0.25) is 5.02 Å². The summed E-state index contributed by atoms with van der Waals surface area (Å²) >= 11 is 12.3. The zero-order valence-corrected chi connectivity index (χ0v) is 10.4. The molecule has 1 saturated carbocycles. The third-order valence-corrected chi connectivity index (χ3v) is 4.04. The van der Waals surface area contributed by atoms with Gasteiger partial charge in [0.2, 0.25) is 0 Å². The Balaban J connectivity index is 1.95. The summed E-state index contributed by atoms with van der Waals surface area (Å²) in [4.78, 5) is 0. The molecule has 2 heteroatoms. The normalized spacial score (nSPS) is 19.9. The molecule has 0 heterocycles. The van der Waals surface area contributed by atoms with Crippen LogP contribution in [0.3, 0.4) is 0 Å². The van der Waals surface area contributed by atoms with Gasteiger partial charge in [-0.2, -0.15) is 0 Å². The van der Waals surface area contributed by atoms with Crippen molar-refractivity contribution in [2.45, 2.75) is 31.6 Å². The fraction of sp³-hybridized carbons (Fsp3) is 0.538. The molecule has 0 radical (unpaired) electrons. The van der Waals surface area contributed by atoms with Gasteiger partial charge in [-0.05, 0) is 48.8 Å². The molecule has 82 valence electrons. The quantitative estimate of drug-likeness (QED) is 0.681. The fourth-order valence-corrected chi connectivity index (χ4v) is 2.59. The van der Waals surface area contributed by atoms with Crippen molar-refractivity contribution >= 4 is 23.2 Å². The van der Waals surface area contributed by atoms with Crippen LogP contribution in [0.5, 0.6) is 0 Å². The number of alkyl halides is 1. The summed E-state index contributed by atoms with van der Waals surface area (Å²) in [5.41, 5.74) is 1.25. The standard InChI is InChI=1S/C13H16Cl2/c1-9(11-5-6-11)13(15)8-10-3-2-4-12(14)7-10/h2-4,7,9,11,13H,5-6,8H2,1H3. The molecular formula is C13H16Cl2. The van der Waals surface area contributed by atoms with Gasteiger partial charge >= 0.3 is 0 Å². The van der Waals surface area contributed by atoms with E-state index >= 15 is 0 Å². The highest BCUT2D eigenvalue weighted by molar-refractivity contribution is 6.30. The van der Waals surface area contributed by atoms with Crippen LogP contribution in [-0.4, -0.2) is 5.38 Å². The van der Waals surface area contributed by atoms with Gasteiger partial charge in [0.25, 0.3) is 0 Å². The van der Waals surface area contributed by atoms with Gasteiger partial charge in [0.15, 0.2) is 0 Å². The minimum Gasteiger partial charge on any atom is -0.122 e. The minimum atomic E-state index is 0.246. The molecule has 0 N–H and O–H groups in total. The van der Waals surface area contributed by atoms with E-state index in [4.69, 9.17) is 23.2 Å². The molecular weight excluding hydrogens is 227 g/mol. The Morgan fingerprint density at radius 1 is 1.40 bits per heavy atom. The summed E-state index contributed by atoms with van der Waals surface area (Å²) in [6.07, 6.45) is 3.65. The van der Waals surface area contributed by atoms with Gasteiger partial charge in [-0.25, -0.2) is 0 Å². The van der Waals surface area contributed by atoms with Crippen molar-refractivity contribution in [3.63, 3.8) is 0 Å². The first kappa shape index (κ1) is 11.3. The molecule has 1 aliphatic rings. The molecule has 0 spiro atoms. The molecule has 0 aromatic heterocycles. The summed E-state index contributed by atoms with van der Waals surface area (Å²) in [5, 5.41) is 1.05. The summed E-state index contributed by atoms with van der Waals surface area (Å²) in [6.45, 7) is 2.26. The van der Waals surface area contributed by atoms with Crippen molar-refractivity contribution < 1.29 is 0 Å². The van der Waals surface area contributed by atoms with Gasteiger partial charge in [-0.15, -0.1) is 11.6 Å². The second-order valence-corrected chi connectivity index (χ2v) is 5.54. The first-order valence-electron chi connectivity index (χ1n) is 5.55. The molecule has 2 unspecified atom stereocenters. The highest BCUT2D eigenvalue weighted by atomic mass is 35.5. The van der Waals surface area contributed by atoms with E-state index in [1.807, 2.05) is 18.2 Å². The SMILES string of the molecule is CC(C(Cl)Cc1cccc(Cl)c1)C1CC1. The van der Waals surface area contributed by atoms with Gasteiger partial charge in [0.1, 0.15) is 0 Å². The molecule has 1 aliphatic carbocycles. The molecule has 1 aromatic rings. The van der Waals surface area contributed by atoms with Gasteiger partial charge < -0.3 is 0 Å². The van der Waals surface area contributed by atoms with Crippen LogP contribution in [0.1, 0.15) is 25.3 Å². The van der Waals surface area contributed by atoms with Crippen LogP contribution in [0.25, 0.3) is 0 Å². The Morgan fingerprint density at radius 3 is 2.73 bits per heavy atom. The highest BCUT2D eigenvalue weighted by Crippen LogP contribution is 2.40. The van der Waals surface area contributed by atoms with Crippen LogP contribution in [0.15, 0.2) is 24.3 Å². The summed E-state index contributed by atoms with van der Waals surface area (Å²) in [6, 6.07) is 8.00. The average molecular weight is 243 g/mol. The highest BCUT2D eigenvalue weighted by Gasteiger charge is 2.32. The number of halogens is 2. The van der Waals surface area contributed by atoms with Crippen molar-refractivity contribution in [3.8, 4) is 0 Å². The molecule has 0 saturated heterocycles. The molecule has 1 fully saturated rings. The fourth-order valence-electron chi connectivity index (χ4n) is 1.99. The number of benzene rings is 1. The van der Waals surface area contributed by atoms with E-state index in [0.717, 1.165) is 17.4 Å². The van der Waals surface area contributed by atoms with Crippen molar-refractivity contribution in [3.05, 3.63) is 34.9 Å². The second-order valence-electron chi connectivity index (χ2n) is 4.55. The second kappa shape index (κ2) is 4.76. The van der Waals surface area contributed by atoms with Crippen LogP contribution in [-0.2, 0) is 6.42 Å². The molecule has 0 aliphatic heterocycles. The number of hydrogen-bond donors (Lipinski definition) is 0. The first-order chi connectivity index (χ1) is 7.16. The van der Waals surface area contributed by atoms with E-state index in [-0.39, 0.29) is 5.38 Å². The van der Waals surface area contributed by atoms with Crippen LogP contribution >= 0.6 is 23.2 Å². The van der Waals surface area contributed by atoms with E-state index < -0.39 is 0 Å². The zero-order valence-electron chi connectivity index (χ0n) is 8.92. The Kier molecular flexibility index (Phi) is 3.58. The van der Waals surface area contributed by atoms with E-state index in [1.165, 1.54) is 18.4 Å². The maximum absolute atomic E-state index is 6.41. The molecule has 1 aromatic carbocycles. The molecule has 15 heavy (non-hydrogen) atoms. The van der Waals surface area contributed by atoms with Crippen LogP contribution in [0, 0.1) is 11.8 Å². The lowest BCUT2D eigenvalue weighted by atomic mass is 9.96. The summed E-state index contributed by atoms with van der Waals surface area (Å²) < 4.78 is 0. The van der Waals surface area contributed by atoms with E-state index in [2.05, 4.69) is 13.0 Å². The predicted molar refractivity (Wildman–Crippen MR) is 66.7 cm³/mol. The van der Waals surface area contributed by atoms with Gasteiger partial charge in [-0.3, -0.25) is 0 Å². The van der Waals surface area contributed by atoms with Gasteiger partial charge in [0.05, 0.1) is 0 Å². The van der Waals surface area contributed by atoms with Crippen molar-refractivity contribution in [2.24, 2.45) is 11.8 Å². The van der Waals surface area contributed by atoms with Crippen LogP contribution in [0.4, 0.5) is 0 Å². The average Bonchev–Trinajstić information content (AvgIpc) is 2.99. The lowest BCUT2D eigenvalue weighted by molar-refractivity contribution is 0.478. The van der Waals surface area contributed by atoms with Gasteiger partial charge in [0, 0.05) is 10.4 Å². The maximum Gasteiger partial charge on any atom is 0.0408 e. The largest absolute Gasteiger partial charge is 0.122 e. The van der Waals surface area contributed by atoms with Gasteiger partial charge in [-0.1, -0.05) is 30.7 Å². The number of rotatable bonds is 4. The first-order valence-corrected chi connectivity index (χ1v) is 6.37. The van der Waals surface area contributed by atoms with E-state index in [1.54, 1.807) is 0 Å². The van der Waals surface area contributed by atoms with Crippen molar-refractivity contribution in [1.29, 1.82) is 0 Å². The topological polar surface area (TPSA) is 0 Å². The summed E-state index contributed by atoms with van der Waals surface area (Å²) in [5.74, 6) is 1.50. The molecule has 0 amide bonds. The zero-order chi connectivity index (χ0) is 10.8. The molecule has 0 bridgehead atoms. The van der Waals surface area contributed by atoms with E-state index in [9.17, 15) is 0 Å². The van der Waals surface area contributed by atoms with Crippen molar-refractivity contribution in [2.75, 3.05) is 0 Å². The minimum absolute atomic E-state index is 0.246. The third kappa shape index (κ3) is 3.12. The summed E-state index contributed by atoms with van der Waals surface area (Å²) in [7, 11) is 0. The predicted octanol–water partition coefficient (Wildman–Crippen LogP) is 4.54. The Labute approximate surface area is 102 Å². The van der Waals surface area contributed by atoms with Crippen molar-refractivity contribution in [1.82, 2.24) is 0 Å². The molecule has 2 atom stereocenters. The molecule has 0 nitrogen and oxygen atoms in total. The lowest BCUT2D eigenvalue weighted by Crippen LogP contribution is -2.16. The number of hydrogen-bond acceptors (Lipinski definition) is 0. The third-order valence-electron chi connectivity index (χ3n) is 3.26. The Morgan fingerprint density at radius 2 is 2.13 bits per heavy atom. The Bertz CT molecular complexity index is 331. The van der Waals surface area contributed by atoms with Crippen LogP contribution < -0.4 is 0 Å². The molecule has 2 rings (SSSR count). The smallest absolute Gasteiger partial charge is 0.0408 e. The monoisotopic (exact) mass is 242 g/mol. The Hall–Kier alpha value is -0.200.